The lowest BCUT2D eigenvalue weighted by atomic mass is 9.59. The average Bonchev–Trinajstić information content (AvgIpc) is 2.47. The van der Waals surface area contributed by atoms with Gasteiger partial charge in [-0.3, -0.25) is 0 Å². The molecule has 2 atom stereocenters. The summed E-state index contributed by atoms with van der Waals surface area (Å²) >= 11 is 0. The first kappa shape index (κ1) is 19.4. The second kappa shape index (κ2) is 9.39. The summed E-state index contributed by atoms with van der Waals surface area (Å²) in [6, 6.07) is 0. The van der Waals surface area contributed by atoms with Crippen molar-refractivity contribution in [1.29, 1.82) is 0 Å². The highest BCUT2D eigenvalue weighted by Crippen LogP contribution is 2.50. The third kappa shape index (κ3) is 4.20. The van der Waals surface area contributed by atoms with E-state index in [9.17, 15) is 0 Å². The molecule has 0 nitrogen and oxygen atoms in total. The lowest BCUT2D eigenvalue weighted by molar-refractivity contribution is 0.384. The van der Waals surface area contributed by atoms with Gasteiger partial charge in [-0.05, 0) is 33.6 Å². The third-order valence-corrected chi connectivity index (χ3v) is 3.88. The molecule has 0 heteroatoms. The van der Waals surface area contributed by atoms with Crippen LogP contribution in [-0.2, 0) is 0 Å². The Bertz CT molecular complexity index is 445. The van der Waals surface area contributed by atoms with E-state index in [0.717, 1.165) is 18.4 Å². The van der Waals surface area contributed by atoms with E-state index in [2.05, 4.69) is 96.4 Å². The molecule has 2 unspecified atom stereocenters. The molecule has 0 radical (unpaired) electrons. The van der Waals surface area contributed by atoms with Crippen LogP contribution in [0.2, 0.25) is 0 Å². The highest BCUT2D eigenvalue weighted by molar-refractivity contribution is 5.42. The Kier molecular flexibility index (Phi) is 8.69. The van der Waals surface area contributed by atoms with Crippen LogP contribution in [0, 0.1) is 10.8 Å². The largest absolute Gasteiger partial charge is 0.102 e. The molecule has 0 aliphatic heterocycles. The van der Waals surface area contributed by atoms with Gasteiger partial charge in [0.1, 0.15) is 0 Å². The normalized spacial score (nSPS) is 18.5. The predicted molar refractivity (Wildman–Crippen MR) is 98.4 cm³/mol. The maximum Gasteiger partial charge on any atom is 0.0427 e. The molecule has 0 fully saturated rings. The van der Waals surface area contributed by atoms with Crippen molar-refractivity contribution in [2.45, 2.75) is 47.5 Å². The highest BCUT2D eigenvalue weighted by atomic mass is 14.4. The molecule has 116 valence electrons. The van der Waals surface area contributed by atoms with Crippen molar-refractivity contribution in [3.8, 4) is 0 Å². The van der Waals surface area contributed by atoms with E-state index >= 15 is 0 Å². The van der Waals surface area contributed by atoms with Crippen molar-refractivity contribution < 1.29 is 0 Å². The van der Waals surface area contributed by atoms with Gasteiger partial charge in [-0.15, -0.1) is 6.58 Å². The average molecular weight is 284 g/mol. The van der Waals surface area contributed by atoms with E-state index in [1.165, 1.54) is 0 Å². The van der Waals surface area contributed by atoms with Crippen molar-refractivity contribution in [2.24, 2.45) is 10.8 Å². The molecular formula is C21H32. The third-order valence-electron chi connectivity index (χ3n) is 3.88. The van der Waals surface area contributed by atoms with E-state index in [1.54, 1.807) is 0 Å². The molecule has 0 amide bonds. The van der Waals surface area contributed by atoms with Crippen LogP contribution in [0.1, 0.15) is 47.5 Å². The summed E-state index contributed by atoms with van der Waals surface area (Å²) in [6.07, 6.45) is 21.7. The van der Waals surface area contributed by atoms with E-state index in [-0.39, 0.29) is 10.8 Å². The molecule has 0 aliphatic carbocycles. The van der Waals surface area contributed by atoms with Gasteiger partial charge < -0.3 is 0 Å². The molecule has 0 spiro atoms. The number of allylic oxidation sites excluding steroid dienone is 10. The van der Waals surface area contributed by atoms with Crippen LogP contribution in [0.4, 0.5) is 0 Å². The van der Waals surface area contributed by atoms with Gasteiger partial charge in [0.25, 0.3) is 0 Å². The monoisotopic (exact) mass is 284 g/mol. The van der Waals surface area contributed by atoms with Crippen LogP contribution < -0.4 is 0 Å². The Morgan fingerprint density at radius 2 is 1.43 bits per heavy atom. The van der Waals surface area contributed by atoms with Crippen LogP contribution in [0.15, 0.2) is 73.4 Å². The summed E-state index contributed by atoms with van der Waals surface area (Å²) in [7, 11) is 0. The summed E-state index contributed by atoms with van der Waals surface area (Å²) in [6.45, 7) is 18.9. The zero-order valence-corrected chi connectivity index (χ0v) is 14.5. The lowest BCUT2D eigenvalue weighted by Gasteiger charge is -2.43. The Morgan fingerprint density at radius 1 is 0.905 bits per heavy atom. The first-order valence-corrected chi connectivity index (χ1v) is 7.92. The fraction of sp³-hybridized carbons (Fsp3) is 0.429. The molecule has 21 heavy (non-hydrogen) atoms. The molecular weight excluding hydrogens is 252 g/mol. The first-order valence-electron chi connectivity index (χ1n) is 7.92. The van der Waals surface area contributed by atoms with Crippen molar-refractivity contribution in [2.75, 3.05) is 0 Å². The Hall–Kier alpha value is -1.56. The minimum absolute atomic E-state index is 0.280. The zero-order valence-electron chi connectivity index (χ0n) is 14.5. The molecule has 0 saturated heterocycles. The van der Waals surface area contributed by atoms with E-state index in [0.29, 0.717) is 0 Å². The van der Waals surface area contributed by atoms with Crippen LogP contribution in [0.5, 0.6) is 0 Å². The van der Waals surface area contributed by atoms with Gasteiger partial charge in [-0.1, -0.05) is 80.7 Å². The van der Waals surface area contributed by atoms with Gasteiger partial charge >= 0.3 is 0 Å². The molecule has 0 bridgehead atoms. The van der Waals surface area contributed by atoms with Crippen molar-refractivity contribution in [3.05, 3.63) is 73.4 Å². The number of rotatable bonds is 9. The van der Waals surface area contributed by atoms with E-state index < -0.39 is 0 Å². The topological polar surface area (TPSA) is 0 Å². The fourth-order valence-electron chi connectivity index (χ4n) is 2.79. The molecule has 0 aromatic carbocycles. The molecule has 0 rings (SSSR count). The molecule has 0 saturated carbocycles. The maximum absolute atomic E-state index is 4.29. The second-order valence-electron chi connectivity index (χ2n) is 5.41. The van der Waals surface area contributed by atoms with Gasteiger partial charge in [-0.2, -0.15) is 0 Å². The minimum atomic E-state index is -0.290. The molecule has 0 aromatic rings. The second-order valence-corrected chi connectivity index (χ2v) is 5.41. The molecule has 0 aromatic heterocycles. The Balaban J connectivity index is 6.49. The van der Waals surface area contributed by atoms with Gasteiger partial charge in [0.2, 0.25) is 0 Å². The summed E-state index contributed by atoms with van der Waals surface area (Å²) in [4.78, 5) is 0. The van der Waals surface area contributed by atoms with Gasteiger partial charge in [0.15, 0.2) is 0 Å². The van der Waals surface area contributed by atoms with Crippen LogP contribution in [0.3, 0.4) is 0 Å². The van der Waals surface area contributed by atoms with Crippen molar-refractivity contribution in [1.82, 2.24) is 0 Å². The highest BCUT2D eigenvalue weighted by Gasteiger charge is 2.42. The Labute approximate surface area is 132 Å². The van der Waals surface area contributed by atoms with Crippen molar-refractivity contribution in [3.63, 3.8) is 0 Å². The first-order chi connectivity index (χ1) is 10.00. The standard InChI is InChI=1S/C21H32/c1-8-13-17-20(12-5,15-10-3)21(16-11-4,19(6)7)18-14-9-2/h10-18H,5-6,8-9H2,1-4,7H3. The summed E-state index contributed by atoms with van der Waals surface area (Å²) in [5.74, 6) is 0. The van der Waals surface area contributed by atoms with Crippen LogP contribution in [0.25, 0.3) is 0 Å². The van der Waals surface area contributed by atoms with Crippen LogP contribution >= 0.6 is 0 Å². The summed E-state index contributed by atoms with van der Waals surface area (Å²) in [5.41, 5.74) is 0.545. The van der Waals surface area contributed by atoms with Gasteiger partial charge in [-0.25, -0.2) is 0 Å². The van der Waals surface area contributed by atoms with Crippen molar-refractivity contribution >= 4 is 0 Å². The molecule has 0 aliphatic rings. The fourth-order valence-corrected chi connectivity index (χ4v) is 2.79. The number of hydrogen-bond acceptors (Lipinski definition) is 0. The lowest BCUT2D eigenvalue weighted by Crippen LogP contribution is -2.36. The van der Waals surface area contributed by atoms with Gasteiger partial charge in [0.05, 0.1) is 0 Å². The predicted octanol–water partition coefficient (Wildman–Crippen LogP) is 6.81. The zero-order chi connectivity index (χ0) is 16.4. The molecule has 0 N–H and O–H groups in total. The Morgan fingerprint density at radius 3 is 1.81 bits per heavy atom. The smallest absolute Gasteiger partial charge is 0.0427 e. The SMILES string of the molecule is C=CC(C=CC)(C=CCC)C(C=CC)(C=CCC)C(=C)C. The van der Waals surface area contributed by atoms with E-state index in [1.807, 2.05) is 6.08 Å². The quantitative estimate of drug-likeness (QED) is 0.408. The van der Waals surface area contributed by atoms with Gasteiger partial charge in [0, 0.05) is 10.8 Å². The summed E-state index contributed by atoms with van der Waals surface area (Å²) < 4.78 is 0. The minimum Gasteiger partial charge on any atom is -0.102 e. The maximum atomic E-state index is 4.29. The molecule has 0 heterocycles. The van der Waals surface area contributed by atoms with Crippen LogP contribution in [-0.4, -0.2) is 0 Å². The van der Waals surface area contributed by atoms with E-state index in [4.69, 9.17) is 0 Å². The summed E-state index contributed by atoms with van der Waals surface area (Å²) in [5, 5.41) is 0. The number of hydrogen-bond donors (Lipinski definition) is 0.